The molecule has 2 rings (SSSR count). The molecular formula is C10H8Cl2N4. The Bertz CT molecular complexity index is 522. The Kier molecular flexibility index (Phi) is 2.94. The lowest BCUT2D eigenvalue weighted by Crippen LogP contribution is -1.99. The second kappa shape index (κ2) is 4.23. The van der Waals surface area contributed by atoms with Crippen molar-refractivity contribution in [3.8, 4) is 11.4 Å². The van der Waals surface area contributed by atoms with E-state index in [-0.39, 0.29) is 11.2 Å². The van der Waals surface area contributed by atoms with Gasteiger partial charge in [-0.15, -0.1) is 0 Å². The minimum Gasteiger partial charge on any atom is -0.368 e. The first kappa shape index (κ1) is 11.1. The monoisotopic (exact) mass is 254 g/mol. The van der Waals surface area contributed by atoms with Gasteiger partial charge >= 0.3 is 0 Å². The number of hydrogen-bond donors (Lipinski definition) is 1. The number of nitrogen functional groups attached to an aromatic ring is 1. The zero-order valence-electron chi connectivity index (χ0n) is 8.41. The molecule has 16 heavy (non-hydrogen) atoms. The van der Waals surface area contributed by atoms with Gasteiger partial charge in [-0.3, -0.25) is 0 Å². The number of nitrogens with zero attached hydrogens (tertiary/aromatic N) is 3. The van der Waals surface area contributed by atoms with Gasteiger partial charge in [0.2, 0.25) is 11.2 Å². The normalized spacial score (nSPS) is 10.4. The predicted molar refractivity (Wildman–Crippen MR) is 64.4 cm³/mol. The molecule has 1 heterocycles. The first-order valence-electron chi connectivity index (χ1n) is 4.50. The van der Waals surface area contributed by atoms with Crippen molar-refractivity contribution in [2.45, 2.75) is 6.92 Å². The van der Waals surface area contributed by atoms with Gasteiger partial charge in [-0.2, -0.15) is 15.0 Å². The van der Waals surface area contributed by atoms with E-state index in [0.717, 1.165) is 11.1 Å². The highest BCUT2D eigenvalue weighted by atomic mass is 35.5. The van der Waals surface area contributed by atoms with Crippen LogP contribution in [-0.4, -0.2) is 15.0 Å². The van der Waals surface area contributed by atoms with E-state index in [1.165, 1.54) is 0 Å². The third-order valence-electron chi connectivity index (χ3n) is 2.06. The van der Waals surface area contributed by atoms with Gasteiger partial charge in [-0.1, -0.05) is 23.7 Å². The number of anilines is 1. The number of rotatable bonds is 1. The predicted octanol–water partition coefficient (Wildman–Crippen LogP) is 2.74. The lowest BCUT2D eigenvalue weighted by Gasteiger charge is -2.03. The van der Waals surface area contributed by atoms with Crippen LogP contribution in [0.5, 0.6) is 0 Å². The van der Waals surface area contributed by atoms with E-state index in [2.05, 4.69) is 15.0 Å². The lowest BCUT2D eigenvalue weighted by atomic mass is 10.1. The van der Waals surface area contributed by atoms with Crippen molar-refractivity contribution in [1.29, 1.82) is 0 Å². The smallest absolute Gasteiger partial charge is 0.227 e. The van der Waals surface area contributed by atoms with Crippen molar-refractivity contribution in [2.75, 3.05) is 5.73 Å². The molecular weight excluding hydrogens is 247 g/mol. The topological polar surface area (TPSA) is 64.7 Å². The third kappa shape index (κ3) is 2.23. The van der Waals surface area contributed by atoms with Crippen LogP contribution in [0.25, 0.3) is 11.4 Å². The van der Waals surface area contributed by atoms with Crippen LogP contribution in [0.3, 0.4) is 0 Å². The maximum Gasteiger partial charge on any atom is 0.227 e. The van der Waals surface area contributed by atoms with Gasteiger partial charge in [0.15, 0.2) is 5.82 Å². The van der Waals surface area contributed by atoms with Crippen molar-refractivity contribution < 1.29 is 0 Å². The molecule has 6 heteroatoms. The van der Waals surface area contributed by atoms with Gasteiger partial charge < -0.3 is 5.73 Å². The Hall–Kier alpha value is -1.39. The van der Waals surface area contributed by atoms with E-state index in [9.17, 15) is 0 Å². The Balaban J connectivity index is 2.54. The summed E-state index contributed by atoms with van der Waals surface area (Å²) >= 11 is 11.7. The number of benzene rings is 1. The molecule has 1 aromatic carbocycles. The summed E-state index contributed by atoms with van der Waals surface area (Å²) in [4.78, 5) is 11.7. The van der Waals surface area contributed by atoms with Crippen LogP contribution in [0.1, 0.15) is 5.56 Å². The summed E-state index contributed by atoms with van der Waals surface area (Å²) in [6.45, 7) is 1.92. The molecule has 0 aliphatic rings. The summed E-state index contributed by atoms with van der Waals surface area (Å²) in [5.41, 5.74) is 7.23. The standard InChI is InChI=1S/C10H8Cl2N4/c1-5-2-3-6(4-7(5)11)8-14-9(12)16-10(13)15-8/h2-4H,1H3,(H2,13,14,15,16). The fraction of sp³-hybridized carbons (Fsp3) is 0.100. The van der Waals surface area contributed by atoms with Crippen LogP contribution in [0.2, 0.25) is 10.3 Å². The molecule has 0 radical (unpaired) electrons. The summed E-state index contributed by atoms with van der Waals surface area (Å²) in [6, 6.07) is 5.50. The summed E-state index contributed by atoms with van der Waals surface area (Å²) in [5.74, 6) is 0.506. The van der Waals surface area contributed by atoms with Crippen molar-refractivity contribution in [3.63, 3.8) is 0 Å². The van der Waals surface area contributed by atoms with Crippen LogP contribution in [0, 0.1) is 6.92 Å². The molecule has 0 bridgehead atoms. The summed E-state index contributed by atoms with van der Waals surface area (Å²) < 4.78 is 0. The van der Waals surface area contributed by atoms with E-state index in [1.54, 1.807) is 6.07 Å². The molecule has 0 unspecified atom stereocenters. The highest BCUT2D eigenvalue weighted by Gasteiger charge is 2.06. The number of halogens is 2. The van der Waals surface area contributed by atoms with Gasteiger partial charge in [0.25, 0.3) is 0 Å². The fourth-order valence-electron chi connectivity index (χ4n) is 1.23. The largest absolute Gasteiger partial charge is 0.368 e. The maximum absolute atomic E-state index is 6.01. The second-order valence-electron chi connectivity index (χ2n) is 3.25. The van der Waals surface area contributed by atoms with Crippen molar-refractivity contribution in [1.82, 2.24) is 15.0 Å². The number of aryl methyl sites for hydroxylation is 1. The molecule has 0 saturated heterocycles. The number of hydrogen-bond acceptors (Lipinski definition) is 4. The Morgan fingerprint density at radius 1 is 1.12 bits per heavy atom. The first-order chi connectivity index (χ1) is 7.56. The molecule has 2 N–H and O–H groups in total. The molecule has 1 aromatic heterocycles. The summed E-state index contributed by atoms with van der Waals surface area (Å²) in [6.07, 6.45) is 0. The highest BCUT2D eigenvalue weighted by molar-refractivity contribution is 6.31. The first-order valence-corrected chi connectivity index (χ1v) is 5.25. The van der Waals surface area contributed by atoms with Gasteiger partial charge in [0, 0.05) is 10.6 Å². The number of nitrogens with two attached hydrogens (primary N) is 1. The van der Waals surface area contributed by atoms with Gasteiger partial charge in [0.1, 0.15) is 0 Å². The minimum absolute atomic E-state index is 0.0687. The zero-order chi connectivity index (χ0) is 11.7. The van der Waals surface area contributed by atoms with E-state index in [4.69, 9.17) is 28.9 Å². The zero-order valence-corrected chi connectivity index (χ0v) is 9.92. The van der Waals surface area contributed by atoms with Crippen LogP contribution in [-0.2, 0) is 0 Å². The molecule has 0 aliphatic heterocycles. The Labute approximate surface area is 102 Å². The molecule has 4 nitrogen and oxygen atoms in total. The van der Waals surface area contributed by atoms with E-state index in [0.29, 0.717) is 10.8 Å². The summed E-state index contributed by atoms with van der Waals surface area (Å²) in [5, 5.41) is 0.715. The third-order valence-corrected chi connectivity index (χ3v) is 2.63. The molecule has 0 saturated carbocycles. The van der Waals surface area contributed by atoms with Crippen LogP contribution in [0.15, 0.2) is 18.2 Å². The quantitative estimate of drug-likeness (QED) is 0.850. The van der Waals surface area contributed by atoms with Gasteiger partial charge in [0.05, 0.1) is 0 Å². The average molecular weight is 255 g/mol. The van der Waals surface area contributed by atoms with Crippen molar-refractivity contribution in [2.24, 2.45) is 0 Å². The number of aromatic nitrogens is 3. The highest BCUT2D eigenvalue weighted by Crippen LogP contribution is 2.23. The molecule has 82 valence electrons. The second-order valence-corrected chi connectivity index (χ2v) is 4.00. The van der Waals surface area contributed by atoms with Crippen LogP contribution >= 0.6 is 23.2 Å². The Morgan fingerprint density at radius 3 is 2.50 bits per heavy atom. The van der Waals surface area contributed by atoms with E-state index < -0.39 is 0 Å². The molecule has 0 aliphatic carbocycles. The minimum atomic E-state index is 0.0687. The van der Waals surface area contributed by atoms with Crippen LogP contribution in [0.4, 0.5) is 5.95 Å². The molecule has 0 spiro atoms. The fourth-order valence-corrected chi connectivity index (χ4v) is 1.57. The Morgan fingerprint density at radius 2 is 1.88 bits per heavy atom. The molecule has 0 amide bonds. The maximum atomic E-state index is 6.01. The van der Waals surface area contributed by atoms with Crippen molar-refractivity contribution >= 4 is 29.2 Å². The van der Waals surface area contributed by atoms with E-state index in [1.807, 2.05) is 19.1 Å². The van der Waals surface area contributed by atoms with Gasteiger partial charge in [-0.05, 0) is 30.2 Å². The summed E-state index contributed by atoms with van der Waals surface area (Å²) in [7, 11) is 0. The average Bonchev–Trinajstić information content (AvgIpc) is 2.20. The van der Waals surface area contributed by atoms with Crippen LogP contribution < -0.4 is 5.73 Å². The van der Waals surface area contributed by atoms with Crippen molar-refractivity contribution in [3.05, 3.63) is 34.1 Å². The van der Waals surface area contributed by atoms with Gasteiger partial charge in [-0.25, -0.2) is 0 Å². The van der Waals surface area contributed by atoms with E-state index >= 15 is 0 Å². The SMILES string of the molecule is Cc1ccc(-c2nc(N)nc(Cl)n2)cc1Cl. The molecule has 0 atom stereocenters. The lowest BCUT2D eigenvalue weighted by molar-refractivity contribution is 1.07. The molecule has 0 fully saturated rings. The molecule has 2 aromatic rings.